The Morgan fingerprint density at radius 1 is 1.16 bits per heavy atom. The molecule has 0 aromatic heterocycles. The third-order valence-corrected chi connectivity index (χ3v) is 8.45. The molecule has 174 valence electrons. The van der Waals surface area contributed by atoms with Crippen molar-refractivity contribution in [3.63, 3.8) is 0 Å². The molecule has 0 radical (unpaired) electrons. The van der Waals surface area contributed by atoms with Gasteiger partial charge >= 0.3 is 0 Å². The minimum Gasteiger partial charge on any atom is -0.490 e. The van der Waals surface area contributed by atoms with Crippen molar-refractivity contribution in [3.8, 4) is 5.75 Å². The molecule has 3 fully saturated rings. The standard InChI is InChI=1S/C24H30FNO5S/c25-20-9-8-19(14-21(20)31-15-17-5-6-17)24(11-12-24)16-32(29,30)13-3-1-2-4-18-7-10-22(27)26-23(18)28/h1-2,8-9,14,17-18H,3-7,10-13,15-16H2,(H,26,27,28). The molecule has 2 saturated carbocycles. The molecule has 1 atom stereocenters. The molecule has 0 bridgehead atoms. The quantitative estimate of drug-likeness (QED) is 0.401. The lowest BCUT2D eigenvalue weighted by molar-refractivity contribution is -0.136. The summed E-state index contributed by atoms with van der Waals surface area (Å²) in [5.41, 5.74) is 0.391. The molecule has 1 aliphatic heterocycles. The number of ether oxygens (including phenoxy) is 1. The minimum atomic E-state index is -3.30. The van der Waals surface area contributed by atoms with Gasteiger partial charge in [0.1, 0.15) is 0 Å². The van der Waals surface area contributed by atoms with Gasteiger partial charge < -0.3 is 4.74 Å². The van der Waals surface area contributed by atoms with Gasteiger partial charge in [0.15, 0.2) is 21.4 Å². The van der Waals surface area contributed by atoms with Gasteiger partial charge in [-0.05, 0) is 68.6 Å². The van der Waals surface area contributed by atoms with E-state index in [0.29, 0.717) is 38.2 Å². The van der Waals surface area contributed by atoms with Crippen LogP contribution < -0.4 is 10.1 Å². The fourth-order valence-corrected chi connectivity index (χ4v) is 6.12. The first-order valence-electron chi connectivity index (χ1n) is 11.4. The van der Waals surface area contributed by atoms with Crippen molar-refractivity contribution >= 4 is 21.7 Å². The van der Waals surface area contributed by atoms with Crippen LogP contribution >= 0.6 is 0 Å². The Kier molecular flexibility index (Phi) is 6.70. The van der Waals surface area contributed by atoms with Gasteiger partial charge in [-0.25, -0.2) is 12.8 Å². The highest BCUT2D eigenvalue weighted by Gasteiger charge is 2.47. The van der Waals surface area contributed by atoms with Crippen molar-refractivity contribution in [2.24, 2.45) is 11.8 Å². The summed E-state index contributed by atoms with van der Waals surface area (Å²) in [5, 5.41) is 2.33. The van der Waals surface area contributed by atoms with Crippen LogP contribution in [0.4, 0.5) is 4.39 Å². The Morgan fingerprint density at radius 2 is 1.94 bits per heavy atom. The number of imide groups is 1. The van der Waals surface area contributed by atoms with Crippen LogP contribution in [0.5, 0.6) is 5.75 Å². The Hall–Kier alpha value is -2.22. The number of carbonyl (C=O) groups excluding carboxylic acids is 2. The van der Waals surface area contributed by atoms with Gasteiger partial charge in [-0.2, -0.15) is 0 Å². The van der Waals surface area contributed by atoms with E-state index in [0.717, 1.165) is 31.2 Å². The number of rotatable bonds is 11. The summed E-state index contributed by atoms with van der Waals surface area (Å²) in [4.78, 5) is 22.9. The SMILES string of the molecule is O=C1CCC(CC=CCCS(=O)(=O)CC2(c3ccc(F)c(OCC4CC4)c3)CC2)C(=O)N1. The van der Waals surface area contributed by atoms with Crippen LogP contribution in [0.1, 0.15) is 56.9 Å². The van der Waals surface area contributed by atoms with Crippen molar-refractivity contribution < 1.29 is 27.1 Å². The number of carbonyl (C=O) groups is 2. The van der Waals surface area contributed by atoms with Crippen LogP contribution in [0.25, 0.3) is 0 Å². The minimum absolute atomic E-state index is 0.0346. The van der Waals surface area contributed by atoms with Gasteiger partial charge in [0.25, 0.3) is 0 Å². The van der Waals surface area contributed by atoms with E-state index < -0.39 is 21.1 Å². The first-order valence-corrected chi connectivity index (χ1v) is 13.2. The third-order valence-electron chi connectivity index (χ3n) is 6.60. The number of hydrogen-bond donors (Lipinski definition) is 1. The predicted octanol–water partition coefficient (Wildman–Crippen LogP) is 3.45. The molecular weight excluding hydrogens is 433 g/mol. The lowest BCUT2D eigenvalue weighted by atomic mass is 9.95. The highest BCUT2D eigenvalue weighted by Crippen LogP contribution is 2.50. The van der Waals surface area contributed by atoms with Crippen LogP contribution in [0.3, 0.4) is 0 Å². The number of piperidine rings is 1. The summed E-state index contributed by atoms with van der Waals surface area (Å²) in [6.45, 7) is 0.511. The van der Waals surface area contributed by atoms with Gasteiger partial charge in [-0.15, -0.1) is 0 Å². The maximum Gasteiger partial charge on any atom is 0.229 e. The second-order valence-electron chi connectivity index (χ2n) is 9.42. The van der Waals surface area contributed by atoms with E-state index in [9.17, 15) is 22.4 Å². The summed E-state index contributed by atoms with van der Waals surface area (Å²) < 4.78 is 45.2. The second-order valence-corrected chi connectivity index (χ2v) is 11.6. The zero-order chi connectivity index (χ0) is 22.8. The predicted molar refractivity (Wildman–Crippen MR) is 118 cm³/mol. The molecule has 6 nitrogen and oxygen atoms in total. The Balaban J connectivity index is 1.28. The van der Waals surface area contributed by atoms with E-state index in [1.165, 1.54) is 6.07 Å². The van der Waals surface area contributed by atoms with E-state index in [1.54, 1.807) is 18.2 Å². The summed E-state index contributed by atoms with van der Waals surface area (Å²) in [5.74, 6) is -0.321. The molecular formula is C24H30FNO5S. The largest absolute Gasteiger partial charge is 0.490 e. The molecule has 3 aliphatic rings. The van der Waals surface area contributed by atoms with E-state index in [1.807, 2.05) is 6.08 Å². The molecule has 8 heteroatoms. The molecule has 2 aliphatic carbocycles. The fourth-order valence-electron chi connectivity index (χ4n) is 4.19. The van der Waals surface area contributed by atoms with E-state index in [4.69, 9.17) is 4.74 Å². The van der Waals surface area contributed by atoms with E-state index >= 15 is 0 Å². The lowest BCUT2D eigenvalue weighted by Gasteiger charge is -2.19. The molecule has 0 spiro atoms. The zero-order valence-electron chi connectivity index (χ0n) is 18.1. The van der Waals surface area contributed by atoms with Gasteiger partial charge in [-0.1, -0.05) is 18.2 Å². The Bertz CT molecular complexity index is 1010. The summed E-state index contributed by atoms with van der Waals surface area (Å²) >= 11 is 0. The van der Waals surface area contributed by atoms with Crippen molar-refractivity contribution in [3.05, 3.63) is 41.7 Å². The third kappa shape index (κ3) is 5.97. The van der Waals surface area contributed by atoms with Crippen molar-refractivity contribution in [1.82, 2.24) is 5.32 Å². The molecule has 2 amide bonds. The summed E-state index contributed by atoms with van der Waals surface area (Å²) in [6, 6.07) is 4.74. The van der Waals surface area contributed by atoms with Crippen molar-refractivity contribution in [2.45, 2.75) is 56.8 Å². The van der Waals surface area contributed by atoms with E-state index in [2.05, 4.69) is 5.32 Å². The molecule has 1 N–H and O–H groups in total. The fraction of sp³-hybridized carbons (Fsp3) is 0.583. The van der Waals surface area contributed by atoms with Gasteiger partial charge in [-0.3, -0.25) is 14.9 Å². The van der Waals surface area contributed by atoms with Gasteiger partial charge in [0.2, 0.25) is 11.8 Å². The maximum absolute atomic E-state index is 14.1. The topological polar surface area (TPSA) is 89.5 Å². The molecule has 1 saturated heterocycles. The average Bonchev–Trinajstić information content (AvgIpc) is 3.65. The van der Waals surface area contributed by atoms with Gasteiger partial charge in [0.05, 0.1) is 18.1 Å². The Morgan fingerprint density at radius 3 is 2.62 bits per heavy atom. The van der Waals surface area contributed by atoms with Crippen molar-refractivity contribution in [1.29, 1.82) is 0 Å². The van der Waals surface area contributed by atoms with Crippen LogP contribution in [0.2, 0.25) is 0 Å². The van der Waals surface area contributed by atoms with Crippen LogP contribution in [-0.2, 0) is 24.8 Å². The number of halogens is 1. The Labute approximate surface area is 188 Å². The molecule has 1 heterocycles. The molecule has 1 aromatic carbocycles. The smallest absolute Gasteiger partial charge is 0.229 e. The number of sulfone groups is 1. The molecule has 1 unspecified atom stereocenters. The monoisotopic (exact) mass is 463 g/mol. The normalized spacial score (nSPS) is 22.7. The summed E-state index contributed by atoms with van der Waals surface area (Å²) in [6.07, 6.45) is 9.15. The van der Waals surface area contributed by atoms with Crippen LogP contribution in [-0.4, -0.2) is 38.3 Å². The van der Waals surface area contributed by atoms with E-state index in [-0.39, 0.29) is 35.0 Å². The molecule has 4 rings (SSSR count). The number of nitrogens with one attached hydrogen (secondary N) is 1. The molecule has 32 heavy (non-hydrogen) atoms. The zero-order valence-corrected chi connectivity index (χ0v) is 19.0. The number of hydrogen-bond acceptors (Lipinski definition) is 5. The highest BCUT2D eigenvalue weighted by molar-refractivity contribution is 7.91. The van der Waals surface area contributed by atoms with Crippen LogP contribution in [0.15, 0.2) is 30.4 Å². The number of allylic oxidation sites excluding steroid dienone is 2. The number of benzene rings is 1. The first-order chi connectivity index (χ1) is 15.3. The highest BCUT2D eigenvalue weighted by atomic mass is 32.2. The maximum atomic E-state index is 14.1. The lowest BCUT2D eigenvalue weighted by Crippen LogP contribution is -2.40. The second kappa shape index (κ2) is 9.33. The first kappa shape index (κ1) is 23.0. The summed E-state index contributed by atoms with van der Waals surface area (Å²) in [7, 11) is -3.30. The van der Waals surface area contributed by atoms with Gasteiger partial charge in [0, 0.05) is 17.8 Å². The average molecular weight is 464 g/mol. The van der Waals surface area contributed by atoms with Crippen LogP contribution in [0, 0.1) is 17.7 Å². The number of amides is 2. The molecule has 1 aromatic rings. The van der Waals surface area contributed by atoms with Crippen molar-refractivity contribution in [2.75, 3.05) is 18.1 Å².